The third kappa shape index (κ3) is 3.72. The van der Waals surface area contributed by atoms with Gasteiger partial charge in [-0.3, -0.25) is 9.69 Å². The molecule has 4 nitrogen and oxygen atoms in total. The third-order valence-electron chi connectivity index (χ3n) is 3.72. The highest BCUT2D eigenvalue weighted by atomic mass is 35.5. The van der Waals surface area contributed by atoms with Crippen molar-refractivity contribution < 1.29 is 9.90 Å². The van der Waals surface area contributed by atoms with Crippen LogP contribution in [0.15, 0.2) is 18.2 Å². The Morgan fingerprint density at radius 1 is 1.30 bits per heavy atom. The van der Waals surface area contributed by atoms with E-state index in [0.29, 0.717) is 23.7 Å². The fourth-order valence-electron chi connectivity index (χ4n) is 2.53. The molecule has 0 bridgehead atoms. The monoisotopic (exact) mass is 296 g/mol. The molecular formula is C15H21ClN2O2. The van der Waals surface area contributed by atoms with Gasteiger partial charge in [0, 0.05) is 36.8 Å². The number of amides is 1. The average molecular weight is 297 g/mol. The number of nitrogens with zero attached hydrogens (tertiary/aromatic N) is 2. The van der Waals surface area contributed by atoms with E-state index in [4.69, 9.17) is 16.7 Å². The van der Waals surface area contributed by atoms with E-state index in [2.05, 4.69) is 4.90 Å². The van der Waals surface area contributed by atoms with Crippen molar-refractivity contribution in [1.29, 1.82) is 0 Å². The largest absolute Gasteiger partial charge is 0.395 e. The first kappa shape index (κ1) is 15.3. The Balaban J connectivity index is 2.07. The smallest absolute Gasteiger partial charge is 0.254 e. The first-order valence-corrected chi connectivity index (χ1v) is 7.38. The van der Waals surface area contributed by atoms with Gasteiger partial charge in [0.2, 0.25) is 0 Å². The molecule has 0 aliphatic carbocycles. The zero-order valence-corrected chi connectivity index (χ0v) is 12.6. The predicted molar refractivity (Wildman–Crippen MR) is 80.2 cm³/mol. The Bertz CT molecular complexity index is 479. The SMILES string of the molecule is Cc1ccc(Cl)cc1C(=O)N1CCCN(CCO)CC1. The molecule has 20 heavy (non-hydrogen) atoms. The lowest BCUT2D eigenvalue weighted by Gasteiger charge is -2.22. The number of β-amino-alcohol motifs (C(OH)–C–C–N with tert-alkyl or cyclic N) is 1. The van der Waals surface area contributed by atoms with E-state index in [1.54, 1.807) is 12.1 Å². The van der Waals surface area contributed by atoms with Gasteiger partial charge in [-0.25, -0.2) is 0 Å². The third-order valence-corrected chi connectivity index (χ3v) is 3.96. The number of hydrogen-bond donors (Lipinski definition) is 1. The van der Waals surface area contributed by atoms with Crippen LogP contribution in [-0.4, -0.2) is 60.1 Å². The zero-order valence-electron chi connectivity index (χ0n) is 11.8. The van der Waals surface area contributed by atoms with Crippen molar-refractivity contribution in [3.63, 3.8) is 0 Å². The highest BCUT2D eigenvalue weighted by Crippen LogP contribution is 2.18. The molecule has 5 heteroatoms. The summed E-state index contributed by atoms with van der Waals surface area (Å²) in [6.07, 6.45) is 0.936. The maximum atomic E-state index is 12.6. The van der Waals surface area contributed by atoms with Crippen molar-refractivity contribution in [2.45, 2.75) is 13.3 Å². The van der Waals surface area contributed by atoms with E-state index in [9.17, 15) is 4.79 Å². The summed E-state index contributed by atoms with van der Waals surface area (Å²) in [5.41, 5.74) is 1.64. The van der Waals surface area contributed by atoms with Crippen LogP contribution >= 0.6 is 11.6 Å². The number of benzene rings is 1. The van der Waals surface area contributed by atoms with E-state index in [0.717, 1.165) is 31.6 Å². The normalized spacial score (nSPS) is 17.1. The molecule has 1 aromatic rings. The number of halogens is 1. The molecule has 1 saturated heterocycles. The summed E-state index contributed by atoms with van der Waals surface area (Å²) in [6.45, 7) is 5.97. The molecule has 110 valence electrons. The van der Waals surface area contributed by atoms with Gasteiger partial charge < -0.3 is 10.0 Å². The molecule has 1 N–H and O–H groups in total. The molecule has 1 aliphatic rings. The van der Waals surface area contributed by atoms with Gasteiger partial charge in [0.1, 0.15) is 0 Å². The minimum absolute atomic E-state index is 0.0517. The average Bonchev–Trinajstić information content (AvgIpc) is 2.67. The molecule has 0 atom stereocenters. The summed E-state index contributed by atoms with van der Waals surface area (Å²) >= 11 is 5.99. The van der Waals surface area contributed by atoms with E-state index in [1.807, 2.05) is 17.9 Å². The van der Waals surface area contributed by atoms with Crippen molar-refractivity contribution in [2.75, 3.05) is 39.3 Å². The quantitative estimate of drug-likeness (QED) is 0.925. The van der Waals surface area contributed by atoms with Crippen molar-refractivity contribution in [2.24, 2.45) is 0 Å². The minimum Gasteiger partial charge on any atom is -0.395 e. The van der Waals surface area contributed by atoms with Gasteiger partial charge >= 0.3 is 0 Å². The van der Waals surface area contributed by atoms with Crippen molar-refractivity contribution >= 4 is 17.5 Å². The zero-order chi connectivity index (χ0) is 14.5. The van der Waals surface area contributed by atoms with Crippen LogP contribution in [0.1, 0.15) is 22.3 Å². The molecule has 0 aromatic heterocycles. The Labute approximate surface area is 124 Å². The number of aliphatic hydroxyl groups is 1. The summed E-state index contributed by atoms with van der Waals surface area (Å²) in [5, 5.41) is 9.59. The molecule has 0 spiro atoms. The van der Waals surface area contributed by atoms with Crippen LogP contribution in [0.4, 0.5) is 0 Å². The highest BCUT2D eigenvalue weighted by molar-refractivity contribution is 6.31. The van der Waals surface area contributed by atoms with Gasteiger partial charge in [-0.05, 0) is 37.6 Å². The standard InChI is InChI=1S/C15H21ClN2O2/c1-12-3-4-13(16)11-14(12)15(20)18-6-2-5-17(7-8-18)9-10-19/h3-4,11,19H,2,5-10H2,1H3. The van der Waals surface area contributed by atoms with E-state index in [-0.39, 0.29) is 12.5 Å². The number of aliphatic hydroxyl groups excluding tert-OH is 1. The molecule has 2 rings (SSSR count). The fourth-order valence-corrected chi connectivity index (χ4v) is 2.71. The molecule has 0 unspecified atom stereocenters. The summed E-state index contributed by atoms with van der Waals surface area (Å²) in [6, 6.07) is 5.43. The first-order chi connectivity index (χ1) is 9.61. The van der Waals surface area contributed by atoms with Gasteiger partial charge in [0.15, 0.2) is 0 Å². The topological polar surface area (TPSA) is 43.8 Å². The Kier molecular flexibility index (Phi) is 5.40. The van der Waals surface area contributed by atoms with Gasteiger partial charge in [0.05, 0.1) is 6.61 Å². The summed E-state index contributed by atoms with van der Waals surface area (Å²) in [4.78, 5) is 16.7. The summed E-state index contributed by atoms with van der Waals surface area (Å²) in [7, 11) is 0. The minimum atomic E-state index is 0.0517. The lowest BCUT2D eigenvalue weighted by atomic mass is 10.1. The second-order valence-corrected chi connectivity index (χ2v) is 5.61. The van der Waals surface area contributed by atoms with Gasteiger partial charge in [-0.15, -0.1) is 0 Å². The van der Waals surface area contributed by atoms with Crippen LogP contribution in [0.5, 0.6) is 0 Å². The van der Waals surface area contributed by atoms with Crippen LogP contribution in [0.3, 0.4) is 0 Å². The molecule has 1 fully saturated rings. The Morgan fingerprint density at radius 3 is 2.85 bits per heavy atom. The summed E-state index contributed by atoms with van der Waals surface area (Å²) < 4.78 is 0. The van der Waals surface area contributed by atoms with Crippen LogP contribution in [0, 0.1) is 6.92 Å². The molecule has 0 radical (unpaired) electrons. The van der Waals surface area contributed by atoms with Crippen LogP contribution in [0.25, 0.3) is 0 Å². The van der Waals surface area contributed by atoms with Crippen molar-refractivity contribution in [3.8, 4) is 0 Å². The molecule has 1 amide bonds. The molecule has 0 saturated carbocycles. The lowest BCUT2D eigenvalue weighted by molar-refractivity contribution is 0.0760. The fraction of sp³-hybridized carbons (Fsp3) is 0.533. The number of carbonyl (C=O) groups excluding carboxylic acids is 1. The Morgan fingerprint density at radius 2 is 2.10 bits per heavy atom. The number of rotatable bonds is 3. The maximum Gasteiger partial charge on any atom is 0.254 e. The van der Waals surface area contributed by atoms with Crippen LogP contribution in [-0.2, 0) is 0 Å². The molecular weight excluding hydrogens is 276 g/mol. The maximum absolute atomic E-state index is 12.6. The highest BCUT2D eigenvalue weighted by Gasteiger charge is 2.21. The Hall–Kier alpha value is -1.10. The van der Waals surface area contributed by atoms with E-state index in [1.165, 1.54) is 0 Å². The molecule has 1 aliphatic heterocycles. The van der Waals surface area contributed by atoms with E-state index < -0.39 is 0 Å². The van der Waals surface area contributed by atoms with Crippen LogP contribution < -0.4 is 0 Å². The molecule has 1 aromatic carbocycles. The van der Waals surface area contributed by atoms with Gasteiger partial charge in [-0.2, -0.15) is 0 Å². The number of carbonyl (C=O) groups is 1. The number of aryl methyl sites for hydroxylation is 1. The second kappa shape index (κ2) is 7.07. The van der Waals surface area contributed by atoms with Gasteiger partial charge in [0.25, 0.3) is 5.91 Å². The van der Waals surface area contributed by atoms with Gasteiger partial charge in [-0.1, -0.05) is 17.7 Å². The van der Waals surface area contributed by atoms with Crippen molar-refractivity contribution in [1.82, 2.24) is 9.80 Å². The molecule has 1 heterocycles. The van der Waals surface area contributed by atoms with Crippen LogP contribution in [0.2, 0.25) is 5.02 Å². The lowest BCUT2D eigenvalue weighted by Crippen LogP contribution is -2.36. The number of hydrogen-bond acceptors (Lipinski definition) is 3. The summed E-state index contributed by atoms with van der Waals surface area (Å²) in [5.74, 6) is 0.0517. The first-order valence-electron chi connectivity index (χ1n) is 7.00. The van der Waals surface area contributed by atoms with E-state index >= 15 is 0 Å². The second-order valence-electron chi connectivity index (χ2n) is 5.17. The predicted octanol–water partition coefficient (Wildman–Crippen LogP) is 1.79. The van der Waals surface area contributed by atoms with Crippen molar-refractivity contribution in [3.05, 3.63) is 34.3 Å².